The third-order valence-electron chi connectivity index (χ3n) is 7.81. The number of thiophene rings is 1. The number of benzene rings is 1. The predicted molar refractivity (Wildman–Crippen MR) is 149 cm³/mol. The quantitative estimate of drug-likeness (QED) is 0.429. The van der Waals surface area contributed by atoms with E-state index in [-0.39, 0.29) is 22.7 Å². The van der Waals surface area contributed by atoms with Gasteiger partial charge in [0.25, 0.3) is 5.91 Å². The number of rotatable bonds is 5. The first kappa shape index (κ1) is 27.0. The average molecular weight is 551 g/mol. The van der Waals surface area contributed by atoms with Crippen molar-refractivity contribution in [2.75, 3.05) is 19.5 Å². The second kappa shape index (κ2) is 10.2. The minimum absolute atomic E-state index is 0.0228. The normalized spacial score (nSPS) is 20.1. The first-order chi connectivity index (χ1) is 18.5. The number of anilines is 1. The van der Waals surface area contributed by atoms with Gasteiger partial charge in [-0.25, -0.2) is 4.79 Å². The topological polar surface area (TPSA) is 114 Å². The standard InChI is InChI=1S/C30H34N2O6S/c1-15-23(27(35)32-28-25(29(36)38-5)17-8-6-7-9-22(17)39-28)24(16-10-11-19(33)21(12-16)37-4)26-18(31-15)13-30(2,3)14-20(26)34/h10-12,24,31,33H,6-9,13-14H2,1-5H3,(H,32,35)/t24-/m0/s1. The molecule has 1 aromatic carbocycles. The zero-order chi connectivity index (χ0) is 28.1. The first-order valence-corrected chi connectivity index (χ1v) is 14.0. The minimum Gasteiger partial charge on any atom is -0.504 e. The van der Waals surface area contributed by atoms with Gasteiger partial charge < -0.3 is 25.2 Å². The van der Waals surface area contributed by atoms with Gasteiger partial charge >= 0.3 is 5.97 Å². The molecular weight excluding hydrogens is 516 g/mol. The van der Waals surface area contributed by atoms with Crippen LogP contribution in [0.1, 0.15) is 78.7 Å². The lowest BCUT2D eigenvalue weighted by Gasteiger charge is -2.39. The van der Waals surface area contributed by atoms with Gasteiger partial charge in [0, 0.05) is 39.8 Å². The Morgan fingerprint density at radius 3 is 2.62 bits per heavy atom. The second-order valence-electron chi connectivity index (χ2n) is 11.2. The molecule has 0 fully saturated rings. The van der Waals surface area contributed by atoms with Crippen LogP contribution < -0.4 is 15.4 Å². The van der Waals surface area contributed by atoms with Crippen LogP contribution in [0.2, 0.25) is 0 Å². The highest BCUT2D eigenvalue weighted by atomic mass is 32.1. The van der Waals surface area contributed by atoms with Crippen LogP contribution in [0, 0.1) is 5.41 Å². The average Bonchev–Trinajstić information content (AvgIpc) is 3.24. The number of nitrogens with one attached hydrogen (secondary N) is 2. The van der Waals surface area contributed by atoms with Crippen molar-refractivity contribution < 1.29 is 29.0 Å². The summed E-state index contributed by atoms with van der Waals surface area (Å²) in [4.78, 5) is 41.6. The number of aryl methyl sites for hydroxylation is 1. The molecule has 2 aromatic rings. The summed E-state index contributed by atoms with van der Waals surface area (Å²) in [6.07, 6.45) is 4.67. The maximum atomic E-state index is 14.1. The van der Waals surface area contributed by atoms with Crippen molar-refractivity contribution in [3.63, 3.8) is 0 Å². The largest absolute Gasteiger partial charge is 0.504 e. The fraction of sp³-hybridized carbons (Fsp3) is 0.433. The molecule has 0 unspecified atom stereocenters. The highest BCUT2D eigenvalue weighted by Crippen LogP contribution is 2.48. The maximum absolute atomic E-state index is 14.1. The Balaban J connectivity index is 1.61. The van der Waals surface area contributed by atoms with Crippen LogP contribution in [0.3, 0.4) is 0 Å². The van der Waals surface area contributed by atoms with Gasteiger partial charge in [0.15, 0.2) is 17.3 Å². The summed E-state index contributed by atoms with van der Waals surface area (Å²) in [6.45, 7) is 5.95. The van der Waals surface area contributed by atoms with Crippen LogP contribution in [0.15, 0.2) is 40.7 Å². The molecule has 2 aliphatic carbocycles. The fourth-order valence-corrected chi connectivity index (χ4v) is 7.36. The van der Waals surface area contributed by atoms with Crippen molar-refractivity contribution in [3.05, 3.63) is 62.3 Å². The number of Topliss-reactive ketones (excluding diaryl/α,β-unsaturated/α-hetero) is 1. The van der Waals surface area contributed by atoms with E-state index in [1.807, 2.05) is 6.92 Å². The molecule has 0 saturated carbocycles. The van der Waals surface area contributed by atoms with Crippen molar-refractivity contribution in [2.24, 2.45) is 5.41 Å². The Morgan fingerprint density at radius 1 is 1.15 bits per heavy atom. The number of esters is 1. The number of phenolic OH excluding ortho intramolecular Hbond substituents is 1. The number of amides is 1. The molecule has 0 saturated heterocycles. The molecule has 1 aromatic heterocycles. The Hall–Kier alpha value is -3.59. The van der Waals surface area contributed by atoms with E-state index in [0.717, 1.165) is 41.8 Å². The van der Waals surface area contributed by atoms with E-state index in [4.69, 9.17) is 9.47 Å². The van der Waals surface area contributed by atoms with Crippen LogP contribution >= 0.6 is 11.3 Å². The molecule has 9 heteroatoms. The van der Waals surface area contributed by atoms with Crippen molar-refractivity contribution in [1.29, 1.82) is 0 Å². The molecule has 8 nitrogen and oxygen atoms in total. The van der Waals surface area contributed by atoms with Gasteiger partial charge in [-0.05, 0) is 67.7 Å². The minimum atomic E-state index is -0.671. The summed E-state index contributed by atoms with van der Waals surface area (Å²) in [5.74, 6) is -1.33. The number of phenols is 1. The van der Waals surface area contributed by atoms with Gasteiger partial charge in [-0.2, -0.15) is 0 Å². The van der Waals surface area contributed by atoms with E-state index in [0.29, 0.717) is 45.8 Å². The second-order valence-corrected chi connectivity index (χ2v) is 12.3. The zero-order valence-corrected chi connectivity index (χ0v) is 23.8. The Kier molecular flexibility index (Phi) is 7.05. The third-order valence-corrected chi connectivity index (χ3v) is 9.02. The molecule has 0 bridgehead atoms. The lowest BCUT2D eigenvalue weighted by Crippen LogP contribution is -2.39. The molecule has 1 aliphatic heterocycles. The zero-order valence-electron chi connectivity index (χ0n) is 22.9. The molecule has 2 heterocycles. The van der Waals surface area contributed by atoms with E-state index < -0.39 is 17.8 Å². The number of methoxy groups -OCH3 is 2. The van der Waals surface area contributed by atoms with E-state index in [1.165, 1.54) is 31.6 Å². The number of carbonyl (C=O) groups excluding carboxylic acids is 3. The number of hydrogen-bond donors (Lipinski definition) is 3. The van der Waals surface area contributed by atoms with Crippen LogP contribution in [-0.4, -0.2) is 37.0 Å². The maximum Gasteiger partial charge on any atom is 0.341 e. The van der Waals surface area contributed by atoms with Gasteiger partial charge in [0.1, 0.15) is 5.00 Å². The number of ether oxygens (including phenoxy) is 2. The van der Waals surface area contributed by atoms with Crippen LogP contribution in [0.4, 0.5) is 5.00 Å². The summed E-state index contributed by atoms with van der Waals surface area (Å²) in [6, 6.07) is 4.91. The van der Waals surface area contributed by atoms with E-state index >= 15 is 0 Å². The number of fused-ring (bicyclic) bond motifs is 1. The highest BCUT2D eigenvalue weighted by molar-refractivity contribution is 7.17. The summed E-state index contributed by atoms with van der Waals surface area (Å²) < 4.78 is 10.4. The van der Waals surface area contributed by atoms with Gasteiger partial charge in [0.05, 0.1) is 19.8 Å². The van der Waals surface area contributed by atoms with Crippen molar-refractivity contribution in [1.82, 2.24) is 5.32 Å². The summed E-state index contributed by atoms with van der Waals surface area (Å²) in [5.41, 5.74) is 4.20. The monoisotopic (exact) mass is 550 g/mol. The molecular formula is C30H34N2O6S. The number of aromatic hydroxyl groups is 1. The number of allylic oxidation sites excluding steroid dienone is 3. The Labute approximate surface area is 232 Å². The molecule has 206 valence electrons. The molecule has 1 amide bonds. The number of hydrogen-bond acceptors (Lipinski definition) is 8. The molecule has 0 radical (unpaired) electrons. The van der Waals surface area contributed by atoms with Crippen LogP contribution in [0.25, 0.3) is 0 Å². The van der Waals surface area contributed by atoms with Crippen molar-refractivity contribution in [3.8, 4) is 11.5 Å². The van der Waals surface area contributed by atoms with Crippen molar-refractivity contribution in [2.45, 2.75) is 65.2 Å². The summed E-state index contributed by atoms with van der Waals surface area (Å²) in [5, 5.41) is 17.1. The lowest BCUT2D eigenvalue weighted by molar-refractivity contribution is -0.118. The molecule has 5 rings (SSSR count). The number of carbonyl (C=O) groups is 3. The highest BCUT2D eigenvalue weighted by Gasteiger charge is 2.43. The number of dihydropyridines is 1. The van der Waals surface area contributed by atoms with Gasteiger partial charge in [-0.15, -0.1) is 11.3 Å². The molecule has 3 aliphatic rings. The van der Waals surface area contributed by atoms with E-state index in [2.05, 4.69) is 24.5 Å². The molecule has 1 atom stereocenters. The van der Waals surface area contributed by atoms with Gasteiger partial charge in [-0.1, -0.05) is 19.9 Å². The van der Waals surface area contributed by atoms with Gasteiger partial charge in [0.2, 0.25) is 0 Å². The Bertz CT molecular complexity index is 1450. The van der Waals surface area contributed by atoms with Crippen LogP contribution in [0.5, 0.6) is 11.5 Å². The van der Waals surface area contributed by atoms with Crippen molar-refractivity contribution >= 4 is 34.0 Å². The summed E-state index contributed by atoms with van der Waals surface area (Å²) >= 11 is 1.42. The fourth-order valence-electron chi connectivity index (χ4n) is 6.09. The summed E-state index contributed by atoms with van der Waals surface area (Å²) in [7, 11) is 2.80. The molecule has 0 spiro atoms. The van der Waals surface area contributed by atoms with E-state index in [9.17, 15) is 19.5 Å². The van der Waals surface area contributed by atoms with Gasteiger partial charge in [-0.3, -0.25) is 9.59 Å². The van der Waals surface area contributed by atoms with E-state index in [1.54, 1.807) is 12.1 Å². The molecule has 3 N–H and O–H groups in total. The lowest BCUT2D eigenvalue weighted by atomic mass is 9.68. The number of ketones is 1. The third kappa shape index (κ3) is 4.84. The SMILES string of the molecule is COC(=O)c1c(NC(=O)C2=C(C)NC3=C(C(=O)CC(C)(C)C3)[C@H]2c2ccc(O)c(OC)c2)sc2c1CCCC2. The molecule has 39 heavy (non-hydrogen) atoms. The van der Waals surface area contributed by atoms with Crippen LogP contribution in [-0.2, 0) is 27.2 Å². The first-order valence-electron chi connectivity index (χ1n) is 13.2. The smallest absolute Gasteiger partial charge is 0.341 e. The Morgan fingerprint density at radius 2 is 1.90 bits per heavy atom. The predicted octanol–water partition coefficient (Wildman–Crippen LogP) is 5.37.